The lowest BCUT2D eigenvalue weighted by molar-refractivity contribution is 0.365. The zero-order chi connectivity index (χ0) is 17.9. The maximum absolute atomic E-state index is 11.9. The van der Waals surface area contributed by atoms with E-state index in [9.17, 15) is 4.79 Å². The van der Waals surface area contributed by atoms with Crippen LogP contribution >= 0.6 is 0 Å². The lowest BCUT2D eigenvalue weighted by atomic mass is 10.0. The van der Waals surface area contributed by atoms with Crippen molar-refractivity contribution in [1.29, 1.82) is 0 Å². The molecule has 2 bridgehead atoms. The highest BCUT2D eigenvalue weighted by molar-refractivity contribution is 6.30. The highest BCUT2D eigenvalue weighted by atomic mass is 16.1. The summed E-state index contributed by atoms with van der Waals surface area (Å²) in [7, 11) is 0. The topological polar surface area (TPSA) is 95.6 Å². The molecule has 26 heavy (non-hydrogen) atoms. The van der Waals surface area contributed by atoms with Crippen molar-refractivity contribution in [3.8, 4) is 0 Å². The molecule has 0 aliphatic carbocycles. The van der Waals surface area contributed by atoms with Crippen LogP contribution in [-0.4, -0.2) is 35.0 Å². The number of hydrogen-bond acceptors (Lipinski definition) is 5. The van der Waals surface area contributed by atoms with E-state index in [1.807, 2.05) is 30.5 Å². The summed E-state index contributed by atoms with van der Waals surface area (Å²) < 4.78 is 0. The summed E-state index contributed by atoms with van der Waals surface area (Å²) in [5, 5.41) is 8.60. The standard InChI is InChI=1S/C20H25N5O/c21-25-16(12-22-17-10-14-7-8-15(11-17)23-14)6-5-13-9-20(26)24-19-4-2-1-3-18(13)19/h1-4,9,12,14-15,17,23H,5-8,10-11,21H2,(H,24,26). The van der Waals surface area contributed by atoms with Gasteiger partial charge in [-0.1, -0.05) is 18.2 Å². The summed E-state index contributed by atoms with van der Waals surface area (Å²) >= 11 is 0. The minimum Gasteiger partial charge on any atom is -0.323 e. The van der Waals surface area contributed by atoms with Crippen LogP contribution in [0.15, 0.2) is 45.2 Å². The van der Waals surface area contributed by atoms with Crippen LogP contribution in [0.3, 0.4) is 0 Å². The van der Waals surface area contributed by atoms with Gasteiger partial charge >= 0.3 is 0 Å². The fraction of sp³-hybridized carbons (Fsp3) is 0.450. The molecule has 0 saturated carbocycles. The van der Waals surface area contributed by atoms with Gasteiger partial charge in [-0.05, 0) is 50.2 Å². The van der Waals surface area contributed by atoms with Gasteiger partial charge in [-0.2, -0.15) is 5.10 Å². The van der Waals surface area contributed by atoms with E-state index in [1.165, 1.54) is 12.8 Å². The number of rotatable bonds is 5. The lowest BCUT2D eigenvalue weighted by Gasteiger charge is -2.26. The Morgan fingerprint density at radius 1 is 1.23 bits per heavy atom. The molecule has 0 amide bonds. The highest BCUT2D eigenvalue weighted by Crippen LogP contribution is 2.28. The van der Waals surface area contributed by atoms with Crippen molar-refractivity contribution in [2.24, 2.45) is 15.9 Å². The second-order valence-electron chi connectivity index (χ2n) is 7.37. The Hall–Kier alpha value is -2.47. The molecule has 2 aliphatic heterocycles. The number of hydrazone groups is 1. The lowest BCUT2D eigenvalue weighted by Crippen LogP contribution is -2.39. The number of nitrogens with one attached hydrogen (secondary N) is 2. The number of nitrogens with two attached hydrogens (primary N) is 1. The molecule has 2 aliphatic rings. The third-order valence-corrected chi connectivity index (χ3v) is 5.54. The van der Waals surface area contributed by atoms with E-state index in [0.29, 0.717) is 31.0 Å². The highest BCUT2D eigenvalue weighted by Gasteiger charge is 2.32. The van der Waals surface area contributed by atoms with Crippen LogP contribution in [0.25, 0.3) is 10.9 Å². The Bertz CT molecular complexity index is 888. The predicted molar refractivity (Wildman–Crippen MR) is 106 cm³/mol. The number of aromatic nitrogens is 1. The Kier molecular flexibility index (Phi) is 4.84. The molecule has 136 valence electrons. The van der Waals surface area contributed by atoms with Gasteiger partial charge in [0.05, 0.1) is 11.8 Å². The van der Waals surface area contributed by atoms with Crippen molar-refractivity contribution in [2.75, 3.05) is 0 Å². The zero-order valence-corrected chi connectivity index (χ0v) is 14.8. The van der Waals surface area contributed by atoms with Crippen LogP contribution in [0.2, 0.25) is 0 Å². The number of aryl methyl sites for hydroxylation is 1. The van der Waals surface area contributed by atoms with Crippen molar-refractivity contribution in [3.63, 3.8) is 0 Å². The third kappa shape index (κ3) is 3.70. The first-order chi connectivity index (χ1) is 12.7. The number of H-pyrrole nitrogens is 1. The van der Waals surface area contributed by atoms with E-state index in [1.54, 1.807) is 6.07 Å². The van der Waals surface area contributed by atoms with E-state index in [-0.39, 0.29) is 5.56 Å². The summed E-state index contributed by atoms with van der Waals surface area (Å²) in [6.45, 7) is 0. The van der Waals surface area contributed by atoms with E-state index in [0.717, 1.165) is 35.0 Å². The number of aliphatic imine (C=N–C) groups is 1. The maximum atomic E-state index is 11.9. The molecule has 2 atom stereocenters. The van der Waals surface area contributed by atoms with Crippen molar-refractivity contribution >= 4 is 22.8 Å². The van der Waals surface area contributed by atoms with E-state index in [4.69, 9.17) is 10.8 Å². The Labute approximate surface area is 152 Å². The van der Waals surface area contributed by atoms with E-state index < -0.39 is 0 Å². The zero-order valence-electron chi connectivity index (χ0n) is 14.8. The molecule has 2 saturated heterocycles. The fourth-order valence-corrected chi connectivity index (χ4v) is 4.25. The maximum Gasteiger partial charge on any atom is 0.248 e. The summed E-state index contributed by atoms with van der Waals surface area (Å²) in [5.74, 6) is 5.58. The molecule has 2 unspecified atom stereocenters. The fourth-order valence-electron chi connectivity index (χ4n) is 4.25. The van der Waals surface area contributed by atoms with Crippen LogP contribution in [-0.2, 0) is 6.42 Å². The van der Waals surface area contributed by atoms with Crippen LogP contribution in [0, 0.1) is 0 Å². The molecular formula is C20H25N5O. The van der Waals surface area contributed by atoms with Gasteiger partial charge in [0, 0.05) is 35.3 Å². The Morgan fingerprint density at radius 2 is 2.00 bits per heavy atom. The quantitative estimate of drug-likeness (QED) is 0.437. The SMILES string of the molecule is NN=C(C=NC1CC2CCC(C1)N2)CCc1cc(=O)[nH]c2ccccc12. The third-order valence-electron chi connectivity index (χ3n) is 5.54. The minimum atomic E-state index is -0.0798. The van der Waals surface area contributed by atoms with Crippen LogP contribution in [0.5, 0.6) is 0 Å². The second kappa shape index (κ2) is 7.41. The van der Waals surface area contributed by atoms with Gasteiger partial charge in [-0.3, -0.25) is 9.79 Å². The predicted octanol–water partition coefficient (Wildman–Crippen LogP) is 2.13. The van der Waals surface area contributed by atoms with E-state index >= 15 is 0 Å². The van der Waals surface area contributed by atoms with Crippen molar-refractivity contribution in [3.05, 3.63) is 46.2 Å². The van der Waals surface area contributed by atoms with Crippen LogP contribution in [0.1, 0.15) is 37.7 Å². The molecule has 1 aromatic heterocycles. The largest absolute Gasteiger partial charge is 0.323 e. The Morgan fingerprint density at radius 3 is 2.77 bits per heavy atom. The van der Waals surface area contributed by atoms with Gasteiger partial charge in [0.1, 0.15) is 0 Å². The molecule has 4 N–H and O–H groups in total. The van der Waals surface area contributed by atoms with Gasteiger partial charge in [0.15, 0.2) is 0 Å². The van der Waals surface area contributed by atoms with Crippen LogP contribution < -0.4 is 16.7 Å². The molecule has 0 spiro atoms. The second-order valence-corrected chi connectivity index (χ2v) is 7.37. The van der Waals surface area contributed by atoms with Gasteiger partial charge in [0.2, 0.25) is 5.56 Å². The molecule has 1 aromatic carbocycles. The van der Waals surface area contributed by atoms with Gasteiger partial charge in [-0.15, -0.1) is 0 Å². The first kappa shape index (κ1) is 17.0. The summed E-state index contributed by atoms with van der Waals surface area (Å²) in [6.07, 6.45) is 7.96. The molecule has 0 radical (unpaired) electrons. The average molecular weight is 351 g/mol. The molecule has 2 aromatic rings. The monoisotopic (exact) mass is 351 g/mol. The van der Waals surface area contributed by atoms with Crippen molar-refractivity contribution in [1.82, 2.24) is 10.3 Å². The average Bonchev–Trinajstić information content (AvgIpc) is 2.99. The number of pyridine rings is 1. The normalized spacial score (nSPS) is 26.0. The minimum absolute atomic E-state index is 0.0798. The first-order valence-corrected chi connectivity index (χ1v) is 9.38. The number of piperidine rings is 1. The summed E-state index contributed by atoms with van der Waals surface area (Å²) in [4.78, 5) is 19.5. The number of nitrogens with zero attached hydrogens (tertiary/aromatic N) is 2. The summed E-state index contributed by atoms with van der Waals surface area (Å²) in [6, 6.07) is 11.1. The molecule has 4 rings (SSSR count). The molecule has 2 fully saturated rings. The van der Waals surface area contributed by atoms with Gasteiger partial charge < -0.3 is 16.1 Å². The van der Waals surface area contributed by atoms with Gasteiger partial charge in [0.25, 0.3) is 0 Å². The summed E-state index contributed by atoms with van der Waals surface area (Å²) in [5.41, 5.74) is 2.57. The van der Waals surface area contributed by atoms with Crippen LogP contribution in [0.4, 0.5) is 0 Å². The first-order valence-electron chi connectivity index (χ1n) is 9.38. The molecule has 3 heterocycles. The molecule has 6 heteroatoms. The molecular weight excluding hydrogens is 326 g/mol. The number of benzene rings is 1. The van der Waals surface area contributed by atoms with E-state index in [2.05, 4.69) is 15.4 Å². The van der Waals surface area contributed by atoms with Gasteiger partial charge in [-0.25, -0.2) is 0 Å². The van der Waals surface area contributed by atoms with Crippen molar-refractivity contribution in [2.45, 2.75) is 56.7 Å². The number of aromatic amines is 1. The number of para-hydroxylation sites is 1. The smallest absolute Gasteiger partial charge is 0.248 e. The molecule has 6 nitrogen and oxygen atoms in total. The number of fused-ring (bicyclic) bond motifs is 3. The Balaban J connectivity index is 1.43. The van der Waals surface area contributed by atoms with Crippen molar-refractivity contribution < 1.29 is 0 Å². The number of hydrogen-bond donors (Lipinski definition) is 3.